The van der Waals surface area contributed by atoms with Crippen molar-refractivity contribution in [2.75, 3.05) is 13.1 Å². The third-order valence-electron chi connectivity index (χ3n) is 3.11. The van der Waals surface area contributed by atoms with Crippen LogP contribution in [0.15, 0.2) is 35.3 Å². The van der Waals surface area contributed by atoms with Crippen molar-refractivity contribution in [1.29, 1.82) is 0 Å². The second-order valence-corrected chi connectivity index (χ2v) is 4.57. The molecule has 1 aliphatic rings. The van der Waals surface area contributed by atoms with E-state index in [2.05, 4.69) is 4.99 Å². The molecule has 0 bridgehead atoms. The summed E-state index contributed by atoms with van der Waals surface area (Å²) in [7, 11) is 0. The molecule has 2 rings (SSSR count). The number of dihydropyridines is 1. The predicted octanol–water partition coefficient (Wildman–Crippen LogP) is 1.97. The largest absolute Gasteiger partial charge is 0.416 e. The Labute approximate surface area is 113 Å². The van der Waals surface area contributed by atoms with Gasteiger partial charge < -0.3 is 11.5 Å². The summed E-state index contributed by atoms with van der Waals surface area (Å²) >= 11 is 0. The Balaban J connectivity index is 2.49. The minimum absolute atomic E-state index is 0.0647. The molecule has 1 atom stereocenters. The van der Waals surface area contributed by atoms with Crippen molar-refractivity contribution < 1.29 is 17.6 Å². The lowest BCUT2D eigenvalue weighted by molar-refractivity contribution is -0.138. The number of halogens is 4. The number of hydrogen-bond acceptors (Lipinski definition) is 3. The Morgan fingerprint density at radius 3 is 2.50 bits per heavy atom. The van der Waals surface area contributed by atoms with Crippen LogP contribution in [0.4, 0.5) is 17.6 Å². The highest BCUT2D eigenvalue weighted by Crippen LogP contribution is 2.37. The smallest absolute Gasteiger partial charge is 0.325 e. The first-order chi connectivity index (χ1) is 9.26. The SMILES string of the molecule is NCC1=NCC(N)(c2ccc(F)cc2C(F)(F)F)C=C1. The molecular formula is C13H13F4N3. The molecule has 1 aromatic rings. The van der Waals surface area contributed by atoms with Crippen LogP contribution in [0.5, 0.6) is 0 Å². The Morgan fingerprint density at radius 2 is 2.00 bits per heavy atom. The summed E-state index contributed by atoms with van der Waals surface area (Å²) in [4.78, 5) is 4.04. The molecule has 1 heterocycles. The maximum atomic E-state index is 13.1. The van der Waals surface area contributed by atoms with Crippen molar-refractivity contribution in [3.8, 4) is 0 Å². The van der Waals surface area contributed by atoms with Gasteiger partial charge >= 0.3 is 6.18 Å². The lowest BCUT2D eigenvalue weighted by atomic mass is 9.85. The van der Waals surface area contributed by atoms with Crippen molar-refractivity contribution in [3.05, 3.63) is 47.3 Å². The van der Waals surface area contributed by atoms with Gasteiger partial charge in [0.1, 0.15) is 5.82 Å². The van der Waals surface area contributed by atoms with Gasteiger partial charge in [0.25, 0.3) is 0 Å². The first-order valence-electron chi connectivity index (χ1n) is 5.85. The minimum atomic E-state index is -4.69. The molecule has 7 heteroatoms. The fourth-order valence-corrected chi connectivity index (χ4v) is 2.05. The summed E-state index contributed by atoms with van der Waals surface area (Å²) in [5.74, 6) is -0.962. The van der Waals surface area contributed by atoms with Crippen LogP contribution in [-0.4, -0.2) is 18.8 Å². The molecule has 0 saturated heterocycles. The second-order valence-electron chi connectivity index (χ2n) is 4.57. The lowest BCUT2D eigenvalue weighted by Gasteiger charge is -2.30. The Morgan fingerprint density at radius 1 is 1.30 bits per heavy atom. The van der Waals surface area contributed by atoms with Crippen LogP contribution < -0.4 is 11.5 Å². The van der Waals surface area contributed by atoms with Crippen LogP contribution >= 0.6 is 0 Å². The Kier molecular flexibility index (Phi) is 3.66. The molecule has 0 saturated carbocycles. The first-order valence-corrected chi connectivity index (χ1v) is 5.85. The Bertz CT molecular complexity index is 577. The zero-order valence-electron chi connectivity index (χ0n) is 10.4. The van der Waals surface area contributed by atoms with E-state index in [4.69, 9.17) is 11.5 Å². The third kappa shape index (κ3) is 2.73. The molecule has 3 nitrogen and oxygen atoms in total. The fraction of sp³-hybridized carbons (Fsp3) is 0.308. The van der Waals surface area contributed by atoms with Gasteiger partial charge in [-0.25, -0.2) is 4.39 Å². The van der Waals surface area contributed by atoms with Gasteiger partial charge in [0.2, 0.25) is 0 Å². The summed E-state index contributed by atoms with van der Waals surface area (Å²) in [5.41, 5.74) is 9.23. The highest BCUT2D eigenvalue weighted by molar-refractivity contribution is 5.97. The molecule has 0 aromatic heterocycles. The van der Waals surface area contributed by atoms with Gasteiger partial charge in [0.05, 0.1) is 17.6 Å². The summed E-state index contributed by atoms with van der Waals surface area (Å²) in [5, 5.41) is 0. The standard InChI is InChI=1S/C13H13F4N3/c14-8-1-2-10(11(5-8)13(15,16)17)12(19)4-3-9(6-18)20-7-12/h1-5H,6-7,18-19H2. The molecule has 0 spiro atoms. The molecule has 0 radical (unpaired) electrons. The van der Waals surface area contributed by atoms with E-state index < -0.39 is 23.1 Å². The van der Waals surface area contributed by atoms with Crippen LogP contribution in [0.1, 0.15) is 11.1 Å². The molecule has 1 aromatic carbocycles. The van der Waals surface area contributed by atoms with Gasteiger partial charge in [-0.15, -0.1) is 0 Å². The summed E-state index contributed by atoms with van der Waals surface area (Å²) in [6.45, 7) is 0.118. The number of hydrogen-bond donors (Lipinski definition) is 2. The van der Waals surface area contributed by atoms with E-state index in [1.807, 2.05) is 0 Å². The van der Waals surface area contributed by atoms with Gasteiger partial charge in [-0.1, -0.05) is 12.1 Å². The monoisotopic (exact) mass is 287 g/mol. The van der Waals surface area contributed by atoms with Gasteiger partial charge in [-0.2, -0.15) is 13.2 Å². The van der Waals surface area contributed by atoms with Crippen molar-refractivity contribution >= 4 is 5.71 Å². The molecule has 0 fully saturated rings. The average Bonchev–Trinajstić information content (AvgIpc) is 2.38. The summed E-state index contributed by atoms with van der Waals surface area (Å²) in [6.07, 6.45) is -1.77. The topological polar surface area (TPSA) is 64.4 Å². The van der Waals surface area contributed by atoms with Crippen LogP contribution in [0.25, 0.3) is 0 Å². The van der Waals surface area contributed by atoms with Gasteiger partial charge in [0, 0.05) is 12.3 Å². The number of alkyl halides is 3. The number of benzene rings is 1. The van der Waals surface area contributed by atoms with Crippen molar-refractivity contribution in [2.45, 2.75) is 11.7 Å². The zero-order valence-corrected chi connectivity index (χ0v) is 10.4. The highest BCUT2D eigenvalue weighted by atomic mass is 19.4. The molecule has 0 aliphatic carbocycles. The fourth-order valence-electron chi connectivity index (χ4n) is 2.05. The van der Waals surface area contributed by atoms with E-state index in [1.54, 1.807) is 0 Å². The number of nitrogens with two attached hydrogens (primary N) is 2. The Hall–Kier alpha value is -1.73. The first kappa shape index (κ1) is 14.7. The molecule has 108 valence electrons. The quantitative estimate of drug-likeness (QED) is 0.817. The maximum Gasteiger partial charge on any atom is 0.416 e. The minimum Gasteiger partial charge on any atom is -0.325 e. The van der Waals surface area contributed by atoms with E-state index >= 15 is 0 Å². The summed E-state index contributed by atoms with van der Waals surface area (Å²) < 4.78 is 52.1. The van der Waals surface area contributed by atoms with Crippen molar-refractivity contribution in [3.63, 3.8) is 0 Å². The molecule has 1 aliphatic heterocycles. The normalized spacial score (nSPS) is 22.8. The molecular weight excluding hydrogens is 274 g/mol. The van der Waals surface area contributed by atoms with Crippen LogP contribution in [-0.2, 0) is 11.7 Å². The third-order valence-corrected chi connectivity index (χ3v) is 3.11. The second kappa shape index (κ2) is 4.99. The zero-order chi connectivity index (χ0) is 15.0. The number of nitrogens with zero attached hydrogens (tertiary/aromatic N) is 1. The lowest BCUT2D eigenvalue weighted by Crippen LogP contribution is -2.42. The van der Waals surface area contributed by atoms with Crippen LogP contribution in [0, 0.1) is 5.82 Å². The average molecular weight is 287 g/mol. The highest BCUT2D eigenvalue weighted by Gasteiger charge is 2.39. The molecule has 4 N–H and O–H groups in total. The van der Waals surface area contributed by atoms with Crippen molar-refractivity contribution in [2.24, 2.45) is 16.5 Å². The van der Waals surface area contributed by atoms with E-state index in [1.165, 1.54) is 12.2 Å². The van der Waals surface area contributed by atoms with E-state index in [9.17, 15) is 17.6 Å². The van der Waals surface area contributed by atoms with E-state index in [-0.39, 0.29) is 18.7 Å². The van der Waals surface area contributed by atoms with E-state index in [0.717, 1.165) is 12.1 Å². The molecule has 0 amide bonds. The van der Waals surface area contributed by atoms with Gasteiger partial charge in [0.15, 0.2) is 0 Å². The van der Waals surface area contributed by atoms with Crippen LogP contribution in [0.3, 0.4) is 0 Å². The van der Waals surface area contributed by atoms with Crippen LogP contribution in [0.2, 0.25) is 0 Å². The predicted molar refractivity (Wildman–Crippen MR) is 67.8 cm³/mol. The number of aliphatic imine (C=N–C) groups is 1. The molecule has 1 unspecified atom stereocenters. The molecule has 20 heavy (non-hydrogen) atoms. The maximum absolute atomic E-state index is 13.1. The summed E-state index contributed by atoms with van der Waals surface area (Å²) in [6, 6.07) is 2.45. The van der Waals surface area contributed by atoms with E-state index in [0.29, 0.717) is 11.8 Å². The number of rotatable bonds is 2. The van der Waals surface area contributed by atoms with Gasteiger partial charge in [-0.3, -0.25) is 4.99 Å². The van der Waals surface area contributed by atoms with Crippen molar-refractivity contribution in [1.82, 2.24) is 0 Å². The van der Waals surface area contributed by atoms with Gasteiger partial charge in [-0.05, 0) is 23.8 Å².